The minimum absolute atomic E-state index is 0.262. The summed E-state index contributed by atoms with van der Waals surface area (Å²) in [5.41, 5.74) is 0. The van der Waals surface area contributed by atoms with Crippen LogP contribution in [0.2, 0.25) is 0 Å². The number of nitrogens with zero attached hydrogens (tertiary/aromatic N) is 1. The largest absolute Gasteiger partial charge is 0.365 e. The lowest BCUT2D eigenvalue weighted by Crippen LogP contribution is -2.34. The lowest BCUT2D eigenvalue weighted by Gasteiger charge is -2.33. The summed E-state index contributed by atoms with van der Waals surface area (Å²) in [6.45, 7) is 2.20. The molecule has 0 bridgehead atoms. The van der Waals surface area contributed by atoms with E-state index in [0.717, 1.165) is 18.8 Å². The van der Waals surface area contributed by atoms with E-state index in [1.807, 2.05) is 0 Å². The number of hydrogen-bond donors (Lipinski definition) is 1. The number of rotatable bonds is 2. The predicted octanol–water partition coefficient (Wildman–Crippen LogP) is 2.43. The number of aromatic nitrogens is 1. The third kappa shape index (κ3) is 1.79. The van der Waals surface area contributed by atoms with Gasteiger partial charge in [-0.05, 0) is 30.9 Å². The van der Waals surface area contributed by atoms with Gasteiger partial charge in [0.1, 0.15) is 0 Å². The minimum Gasteiger partial charge on any atom is -0.365 e. The molecule has 1 aliphatic carbocycles. The van der Waals surface area contributed by atoms with E-state index in [1.54, 1.807) is 12.3 Å². The van der Waals surface area contributed by atoms with Crippen LogP contribution in [0.25, 0.3) is 0 Å². The molecule has 0 radical (unpaired) electrons. The quantitative estimate of drug-likeness (QED) is 0.756. The monoisotopic (exact) mass is 180 g/mol. The first-order valence-corrected chi connectivity index (χ1v) is 4.63. The van der Waals surface area contributed by atoms with Gasteiger partial charge in [0, 0.05) is 12.2 Å². The summed E-state index contributed by atoms with van der Waals surface area (Å²) < 4.78 is 13.1. The molecule has 1 saturated carbocycles. The Kier molecular flexibility index (Phi) is 2.17. The van der Waals surface area contributed by atoms with Gasteiger partial charge in [-0.3, -0.25) is 0 Å². The lowest BCUT2D eigenvalue weighted by molar-refractivity contribution is 0.307. The Labute approximate surface area is 77.2 Å². The summed E-state index contributed by atoms with van der Waals surface area (Å²) in [6, 6.07) is 3.45. The van der Waals surface area contributed by atoms with Crippen molar-refractivity contribution < 1.29 is 4.39 Å². The van der Waals surface area contributed by atoms with Gasteiger partial charge in [-0.1, -0.05) is 6.92 Å². The molecular formula is C10H13FN2. The summed E-state index contributed by atoms with van der Waals surface area (Å²) >= 11 is 0. The van der Waals surface area contributed by atoms with E-state index in [-0.39, 0.29) is 5.82 Å². The highest BCUT2D eigenvalue weighted by molar-refractivity contribution is 5.37. The van der Waals surface area contributed by atoms with Crippen molar-refractivity contribution >= 4 is 5.82 Å². The zero-order valence-corrected chi connectivity index (χ0v) is 7.63. The maximum atomic E-state index is 13.1. The van der Waals surface area contributed by atoms with E-state index >= 15 is 0 Å². The molecule has 1 aromatic heterocycles. The Hall–Kier alpha value is -1.12. The Bertz CT molecular complexity index is 295. The molecule has 0 saturated heterocycles. The molecule has 3 heteroatoms. The van der Waals surface area contributed by atoms with Crippen molar-refractivity contribution in [2.45, 2.75) is 25.8 Å². The minimum atomic E-state index is -0.262. The number of anilines is 1. The van der Waals surface area contributed by atoms with Gasteiger partial charge in [-0.25, -0.2) is 9.37 Å². The van der Waals surface area contributed by atoms with E-state index in [1.165, 1.54) is 6.07 Å². The van der Waals surface area contributed by atoms with Crippen molar-refractivity contribution in [1.82, 2.24) is 4.98 Å². The van der Waals surface area contributed by atoms with Gasteiger partial charge in [0.2, 0.25) is 0 Å². The van der Waals surface area contributed by atoms with Crippen LogP contribution in [0.4, 0.5) is 10.2 Å². The molecule has 70 valence electrons. The maximum absolute atomic E-state index is 13.1. The van der Waals surface area contributed by atoms with Gasteiger partial charge in [0.15, 0.2) is 11.6 Å². The number of nitrogens with one attached hydrogen (secondary N) is 1. The van der Waals surface area contributed by atoms with Crippen molar-refractivity contribution in [3.8, 4) is 0 Å². The van der Waals surface area contributed by atoms with Gasteiger partial charge in [0.05, 0.1) is 0 Å². The standard InChI is InChI=1S/C10H13FN2/c1-7-5-8(6-7)13-10-9(11)3-2-4-12-10/h2-4,7-8H,5-6H2,1H3,(H,12,13). The van der Waals surface area contributed by atoms with Crippen LogP contribution < -0.4 is 5.32 Å². The van der Waals surface area contributed by atoms with E-state index < -0.39 is 0 Å². The summed E-state index contributed by atoms with van der Waals surface area (Å²) in [5, 5.41) is 3.09. The lowest BCUT2D eigenvalue weighted by atomic mass is 9.82. The van der Waals surface area contributed by atoms with Crippen molar-refractivity contribution in [2.24, 2.45) is 5.92 Å². The Morgan fingerprint density at radius 2 is 2.31 bits per heavy atom. The number of pyridine rings is 1. The SMILES string of the molecule is CC1CC(Nc2ncccc2F)C1. The van der Waals surface area contributed by atoms with Crippen molar-refractivity contribution in [1.29, 1.82) is 0 Å². The molecule has 2 rings (SSSR count). The summed E-state index contributed by atoms with van der Waals surface area (Å²) in [5.74, 6) is 0.894. The normalized spacial score (nSPS) is 26.6. The van der Waals surface area contributed by atoms with Crippen molar-refractivity contribution in [3.05, 3.63) is 24.1 Å². The molecule has 13 heavy (non-hydrogen) atoms. The van der Waals surface area contributed by atoms with E-state index in [2.05, 4.69) is 17.2 Å². The molecule has 2 nitrogen and oxygen atoms in total. The number of halogens is 1. The van der Waals surface area contributed by atoms with Crippen LogP contribution in [0.5, 0.6) is 0 Å². The second-order valence-corrected chi connectivity index (χ2v) is 3.75. The third-order valence-corrected chi connectivity index (χ3v) is 2.47. The molecule has 1 heterocycles. The molecular weight excluding hydrogens is 167 g/mol. The van der Waals surface area contributed by atoms with Crippen LogP contribution in [0, 0.1) is 11.7 Å². The highest BCUT2D eigenvalue weighted by atomic mass is 19.1. The smallest absolute Gasteiger partial charge is 0.165 e. The topological polar surface area (TPSA) is 24.9 Å². The van der Waals surface area contributed by atoms with Gasteiger partial charge in [-0.15, -0.1) is 0 Å². The Balaban J connectivity index is 1.98. The fourth-order valence-corrected chi connectivity index (χ4v) is 1.71. The maximum Gasteiger partial charge on any atom is 0.165 e. The van der Waals surface area contributed by atoms with E-state index in [4.69, 9.17) is 0 Å². The van der Waals surface area contributed by atoms with Gasteiger partial charge < -0.3 is 5.32 Å². The predicted molar refractivity (Wildman–Crippen MR) is 50.0 cm³/mol. The fourth-order valence-electron chi connectivity index (χ4n) is 1.71. The molecule has 1 fully saturated rings. The highest BCUT2D eigenvalue weighted by Gasteiger charge is 2.25. The van der Waals surface area contributed by atoms with E-state index in [9.17, 15) is 4.39 Å². The molecule has 1 aromatic rings. The zero-order valence-electron chi connectivity index (χ0n) is 7.63. The fraction of sp³-hybridized carbons (Fsp3) is 0.500. The van der Waals surface area contributed by atoms with Crippen LogP contribution in [-0.2, 0) is 0 Å². The van der Waals surface area contributed by atoms with Crippen LogP contribution in [0.15, 0.2) is 18.3 Å². The van der Waals surface area contributed by atoms with Gasteiger partial charge in [-0.2, -0.15) is 0 Å². The second kappa shape index (κ2) is 3.32. The highest BCUT2D eigenvalue weighted by Crippen LogP contribution is 2.29. The second-order valence-electron chi connectivity index (χ2n) is 3.75. The molecule has 0 atom stereocenters. The Morgan fingerprint density at radius 3 is 2.92 bits per heavy atom. The first kappa shape index (κ1) is 8.48. The van der Waals surface area contributed by atoms with Gasteiger partial charge >= 0.3 is 0 Å². The number of hydrogen-bond acceptors (Lipinski definition) is 2. The first-order chi connectivity index (χ1) is 6.25. The molecule has 0 aliphatic heterocycles. The first-order valence-electron chi connectivity index (χ1n) is 4.63. The van der Waals surface area contributed by atoms with Crippen LogP contribution in [-0.4, -0.2) is 11.0 Å². The molecule has 1 aliphatic rings. The van der Waals surface area contributed by atoms with Gasteiger partial charge in [0.25, 0.3) is 0 Å². The third-order valence-electron chi connectivity index (χ3n) is 2.47. The summed E-state index contributed by atoms with van der Waals surface area (Å²) in [6.07, 6.45) is 3.85. The molecule has 0 amide bonds. The zero-order chi connectivity index (χ0) is 9.26. The molecule has 1 N–H and O–H groups in total. The van der Waals surface area contributed by atoms with Crippen molar-refractivity contribution in [3.63, 3.8) is 0 Å². The van der Waals surface area contributed by atoms with Crippen LogP contribution in [0.3, 0.4) is 0 Å². The Morgan fingerprint density at radius 1 is 1.54 bits per heavy atom. The summed E-state index contributed by atoms with van der Waals surface area (Å²) in [7, 11) is 0. The van der Waals surface area contributed by atoms with Crippen LogP contribution in [0.1, 0.15) is 19.8 Å². The van der Waals surface area contributed by atoms with Crippen molar-refractivity contribution in [2.75, 3.05) is 5.32 Å². The molecule has 0 unspecified atom stereocenters. The van der Waals surface area contributed by atoms with Crippen LogP contribution >= 0.6 is 0 Å². The average molecular weight is 180 g/mol. The average Bonchev–Trinajstić information content (AvgIpc) is 2.06. The van der Waals surface area contributed by atoms with E-state index in [0.29, 0.717) is 11.9 Å². The summed E-state index contributed by atoms with van der Waals surface area (Å²) in [4.78, 5) is 3.94. The molecule has 0 spiro atoms. The molecule has 0 aromatic carbocycles.